The van der Waals surface area contributed by atoms with Crippen LogP contribution in [0.15, 0.2) is 11.3 Å². The van der Waals surface area contributed by atoms with E-state index in [1.54, 1.807) is 4.90 Å². The Hall–Kier alpha value is -1.03. The Kier molecular flexibility index (Phi) is 3.97. The molecule has 0 unspecified atom stereocenters. The molecule has 0 bridgehead atoms. The number of rotatable bonds is 1. The van der Waals surface area contributed by atoms with Crippen molar-refractivity contribution in [1.82, 2.24) is 4.90 Å². The largest absolute Gasteiger partial charge is 0.443 e. The first kappa shape index (κ1) is 13.0. The zero-order chi connectivity index (χ0) is 12.3. The summed E-state index contributed by atoms with van der Waals surface area (Å²) in [5.41, 5.74) is 1.29. The molecule has 1 aliphatic rings. The molecule has 0 radical (unpaired) electrons. The number of allylic oxidation sites excluding steroid dienone is 1. The molecule has 4 nitrogen and oxygen atoms in total. The van der Waals surface area contributed by atoms with Crippen molar-refractivity contribution < 1.29 is 14.6 Å². The number of amides is 1. The fraction of sp³-hybridized carbons (Fsp3) is 0.750. The molecule has 1 heterocycles. The topological polar surface area (TPSA) is 49.8 Å². The van der Waals surface area contributed by atoms with Crippen molar-refractivity contribution in [3.63, 3.8) is 0 Å². The van der Waals surface area contributed by atoms with E-state index in [1.165, 1.54) is 0 Å². The predicted octanol–water partition coefficient (Wildman–Crippen LogP) is 2.28. The monoisotopic (exact) mass is 227 g/mol. The molecule has 4 heteroatoms. The maximum atomic E-state index is 11.9. The van der Waals surface area contributed by atoms with Crippen LogP contribution >= 0.6 is 0 Å². The number of aliphatic hydroxyl groups excluding tert-OH is 1. The SMILES string of the molecule is CC1=C(CO)CCCN1C(=O)OC(C)(C)C. The van der Waals surface area contributed by atoms with E-state index >= 15 is 0 Å². The third kappa shape index (κ3) is 3.23. The summed E-state index contributed by atoms with van der Waals surface area (Å²) in [6.07, 6.45) is 1.42. The fourth-order valence-electron chi connectivity index (χ4n) is 1.73. The molecule has 1 rings (SSSR count). The minimum atomic E-state index is -0.478. The first-order valence-corrected chi connectivity index (χ1v) is 5.65. The molecule has 0 aromatic heterocycles. The molecule has 0 saturated heterocycles. The molecular formula is C12H21NO3. The van der Waals surface area contributed by atoms with Gasteiger partial charge in [0.1, 0.15) is 5.60 Å². The van der Waals surface area contributed by atoms with Crippen molar-refractivity contribution >= 4 is 6.09 Å². The highest BCUT2D eigenvalue weighted by Gasteiger charge is 2.26. The van der Waals surface area contributed by atoms with Gasteiger partial charge in [-0.3, -0.25) is 4.90 Å². The lowest BCUT2D eigenvalue weighted by Crippen LogP contribution is -2.38. The van der Waals surface area contributed by atoms with Crippen LogP contribution in [0.25, 0.3) is 0 Å². The van der Waals surface area contributed by atoms with E-state index in [1.807, 2.05) is 27.7 Å². The molecule has 0 fully saturated rings. The number of ether oxygens (including phenoxy) is 1. The van der Waals surface area contributed by atoms with Gasteiger partial charge >= 0.3 is 6.09 Å². The van der Waals surface area contributed by atoms with E-state index in [9.17, 15) is 4.79 Å². The second-order valence-electron chi connectivity index (χ2n) is 5.08. The molecule has 0 saturated carbocycles. The summed E-state index contributed by atoms with van der Waals surface area (Å²) in [4.78, 5) is 13.5. The molecule has 0 atom stereocenters. The molecule has 1 aliphatic heterocycles. The second-order valence-corrected chi connectivity index (χ2v) is 5.08. The first-order valence-electron chi connectivity index (χ1n) is 5.65. The maximum absolute atomic E-state index is 11.9. The molecule has 92 valence electrons. The van der Waals surface area contributed by atoms with Gasteiger partial charge in [-0.2, -0.15) is 0 Å². The lowest BCUT2D eigenvalue weighted by Gasteiger charge is -2.32. The zero-order valence-corrected chi connectivity index (χ0v) is 10.5. The van der Waals surface area contributed by atoms with E-state index in [0.717, 1.165) is 24.1 Å². The predicted molar refractivity (Wildman–Crippen MR) is 62.0 cm³/mol. The number of carbonyl (C=O) groups is 1. The van der Waals surface area contributed by atoms with Crippen LogP contribution in [-0.2, 0) is 4.74 Å². The minimum Gasteiger partial charge on any atom is -0.443 e. The van der Waals surface area contributed by atoms with Gasteiger partial charge in [0.2, 0.25) is 0 Å². The number of hydrogen-bond acceptors (Lipinski definition) is 3. The molecule has 1 N–H and O–H groups in total. The average molecular weight is 227 g/mol. The lowest BCUT2D eigenvalue weighted by molar-refractivity contribution is 0.0298. The number of carbonyl (C=O) groups excluding carboxylic acids is 1. The maximum Gasteiger partial charge on any atom is 0.414 e. The standard InChI is InChI=1S/C12H21NO3/c1-9-10(8-14)6-5-7-13(9)11(15)16-12(2,3)4/h14H,5-8H2,1-4H3. The van der Waals surface area contributed by atoms with Crippen LogP contribution in [0.4, 0.5) is 4.79 Å². The van der Waals surface area contributed by atoms with Gasteiger partial charge in [-0.15, -0.1) is 0 Å². The van der Waals surface area contributed by atoms with Crippen molar-refractivity contribution in [2.24, 2.45) is 0 Å². The highest BCUT2D eigenvalue weighted by atomic mass is 16.6. The van der Waals surface area contributed by atoms with Gasteiger partial charge in [0.25, 0.3) is 0 Å². The summed E-state index contributed by atoms with van der Waals surface area (Å²) in [7, 11) is 0. The van der Waals surface area contributed by atoms with Gasteiger partial charge in [-0.1, -0.05) is 0 Å². The van der Waals surface area contributed by atoms with Crippen LogP contribution in [-0.4, -0.2) is 34.9 Å². The summed E-state index contributed by atoms with van der Waals surface area (Å²) < 4.78 is 5.31. The summed E-state index contributed by atoms with van der Waals surface area (Å²) in [5, 5.41) is 9.16. The van der Waals surface area contributed by atoms with Gasteiger partial charge in [0.15, 0.2) is 0 Å². The molecule has 0 aromatic rings. The third-order valence-corrected chi connectivity index (χ3v) is 2.58. The number of nitrogens with zero attached hydrogens (tertiary/aromatic N) is 1. The van der Waals surface area contributed by atoms with E-state index in [4.69, 9.17) is 9.84 Å². The van der Waals surface area contributed by atoms with Crippen molar-refractivity contribution in [1.29, 1.82) is 0 Å². The summed E-state index contributed by atoms with van der Waals surface area (Å²) >= 11 is 0. The zero-order valence-electron chi connectivity index (χ0n) is 10.5. The molecule has 16 heavy (non-hydrogen) atoms. The van der Waals surface area contributed by atoms with E-state index in [2.05, 4.69) is 0 Å². The minimum absolute atomic E-state index is 0.0190. The van der Waals surface area contributed by atoms with Crippen LogP contribution < -0.4 is 0 Å². The van der Waals surface area contributed by atoms with Crippen molar-refractivity contribution in [3.8, 4) is 0 Å². The van der Waals surface area contributed by atoms with E-state index < -0.39 is 5.60 Å². The third-order valence-electron chi connectivity index (χ3n) is 2.58. The van der Waals surface area contributed by atoms with Crippen LogP contribution in [0.2, 0.25) is 0 Å². The average Bonchev–Trinajstić information content (AvgIpc) is 2.15. The van der Waals surface area contributed by atoms with Gasteiger partial charge in [0, 0.05) is 12.2 Å². The normalized spacial score (nSPS) is 17.7. The Morgan fingerprint density at radius 3 is 2.62 bits per heavy atom. The van der Waals surface area contributed by atoms with Crippen LogP contribution in [0.3, 0.4) is 0 Å². The van der Waals surface area contributed by atoms with Crippen molar-refractivity contribution in [3.05, 3.63) is 11.3 Å². The van der Waals surface area contributed by atoms with Gasteiger partial charge in [-0.05, 0) is 46.1 Å². The smallest absolute Gasteiger partial charge is 0.414 e. The Labute approximate surface area is 96.9 Å². The van der Waals surface area contributed by atoms with Gasteiger partial charge < -0.3 is 9.84 Å². The van der Waals surface area contributed by atoms with Crippen LogP contribution in [0.1, 0.15) is 40.5 Å². The molecule has 0 aromatic carbocycles. The lowest BCUT2D eigenvalue weighted by atomic mass is 10.0. The van der Waals surface area contributed by atoms with E-state index in [-0.39, 0.29) is 12.7 Å². The number of hydrogen-bond donors (Lipinski definition) is 1. The summed E-state index contributed by atoms with van der Waals surface area (Å²) in [6.45, 7) is 8.09. The Balaban J connectivity index is 2.77. The van der Waals surface area contributed by atoms with Crippen molar-refractivity contribution in [2.45, 2.75) is 46.1 Å². The summed E-state index contributed by atoms with van der Waals surface area (Å²) in [6, 6.07) is 0. The summed E-state index contributed by atoms with van der Waals surface area (Å²) in [5.74, 6) is 0. The molecular weight excluding hydrogens is 206 g/mol. The molecule has 0 spiro atoms. The van der Waals surface area contributed by atoms with E-state index in [0.29, 0.717) is 6.54 Å². The second kappa shape index (κ2) is 4.87. The van der Waals surface area contributed by atoms with Crippen LogP contribution in [0, 0.1) is 0 Å². The number of aliphatic hydroxyl groups is 1. The van der Waals surface area contributed by atoms with Crippen LogP contribution in [0.5, 0.6) is 0 Å². The highest BCUT2D eigenvalue weighted by molar-refractivity contribution is 5.70. The van der Waals surface area contributed by atoms with Gasteiger partial charge in [-0.25, -0.2) is 4.79 Å². The molecule has 1 amide bonds. The Bertz CT molecular complexity index is 302. The Morgan fingerprint density at radius 1 is 1.50 bits per heavy atom. The Morgan fingerprint density at radius 2 is 2.12 bits per heavy atom. The van der Waals surface area contributed by atoms with Crippen molar-refractivity contribution in [2.75, 3.05) is 13.2 Å². The fourth-order valence-corrected chi connectivity index (χ4v) is 1.73. The first-order chi connectivity index (χ1) is 7.35. The highest BCUT2D eigenvalue weighted by Crippen LogP contribution is 2.23. The van der Waals surface area contributed by atoms with Gasteiger partial charge in [0.05, 0.1) is 6.61 Å². The molecule has 0 aliphatic carbocycles. The quantitative estimate of drug-likeness (QED) is 0.747.